The van der Waals surface area contributed by atoms with Crippen molar-refractivity contribution in [2.24, 2.45) is 5.92 Å². The van der Waals surface area contributed by atoms with Crippen molar-refractivity contribution in [3.63, 3.8) is 0 Å². The second kappa shape index (κ2) is 5.25. The normalized spacial score (nSPS) is 25.6. The molecule has 1 aliphatic carbocycles. The largest absolute Gasteiger partial charge is 0.382 e. The Kier molecular flexibility index (Phi) is 3.72. The molecule has 88 valence electrons. The van der Waals surface area contributed by atoms with Gasteiger partial charge in [0, 0.05) is 0 Å². The van der Waals surface area contributed by atoms with Gasteiger partial charge in [0.2, 0.25) is 0 Å². The van der Waals surface area contributed by atoms with E-state index in [-0.39, 0.29) is 0 Å². The van der Waals surface area contributed by atoms with Crippen LogP contribution in [-0.4, -0.2) is 16.1 Å². The first kappa shape index (κ1) is 11.3. The molecule has 0 bridgehead atoms. The number of nitrogens with two attached hydrogens (primary N) is 1. The van der Waals surface area contributed by atoms with Gasteiger partial charge < -0.3 is 10.5 Å². The standard InChI is InChI=1S/C12H19N3O/c1-9-2-4-11(5-3-9)16-8-10-6-15-12(13)7-14-10/h6-7,9,11H,2-5,8H2,1H3,(H2,13,15). The highest BCUT2D eigenvalue weighted by Gasteiger charge is 2.18. The maximum Gasteiger partial charge on any atom is 0.141 e. The second-order valence-electron chi connectivity index (χ2n) is 4.63. The summed E-state index contributed by atoms with van der Waals surface area (Å²) in [6.45, 7) is 2.86. The number of aromatic nitrogens is 2. The zero-order valence-electron chi connectivity index (χ0n) is 9.72. The monoisotopic (exact) mass is 221 g/mol. The Morgan fingerprint density at radius 1 is 1.25 bits per heavy atom. The van der Waals surface area contributed by atoms with Gasteiger partial charge in [0.15, 0.2) is 0 Å². The van der Waals surface area contributed by atoms with E-state index in [2.05, 4.69) is 16.9 Å². The van der Waals surface area contributed by atoms with E-state index in [1.165, 1.54) is 25.7 Å². The van der Waals surface area contributed by atoms with Gasteiger partial charge in [0.1, 0.15) is 5.82 Å². The lowest BCUT2D eigenvalue weighted by Gasteiger charge is -2.26. The third kappa shape index (κ3) is 3.17. The highest BCUT2D eigenvalue weighted by atomic mass is 16.5. The Hall–Kier alpha value is -1.16. The summed E-state index contributed by atoms with van der Waals surface area (Å²) in [4.78, 5) is 8.16. The Morgan fingerprint density at radius 3 is 2.62 bits per heavy atom. The van der Waals surface area contributed by atoms with Crippen LogP contribution < -0.4 is 5.73 Å². The molecule has 0 aromatic carbocycles. The molecule has 0 unspecified atom stereocenters. The first-order valence-corrected chi connectivity index (χ1v) is 5.92. The average Bonchev–Trinajstić information content (AvgIpc) is 2.30. The predicted octanol–water partition coefficient (Wildman–Crippen LogP) is 2.15. The van der Waals surface area contributed by atoms with E-state index in [9.17, 15) is 0 Å². The lowest BCUT2D eigenvalue weighted by molar-refractivity contribution is 0.00716. The van der Waals surface area contributed by atoms with Crippen molar-refractivity contribution in [2.75, 3.05) is 5.73 Å². The van der Waals surface area contributed by atoms with Crippen LogP contribution in [0.4, 0.5) is 5.82 Å². The minimum Gasteiger partial charge on any atom is -0.382 e. The fourth-order valence-corrected chi connectivity index (χ4v) is 2.04. The SMILES string of the molecule is CC1CCC(OCc2cnc(N)cn2)CC1. The Morgan fingerprint density at radius 2 is 2.00 bits per heavy atom. The summed E-state index contributed by atoms with van der Waals surface area (Å²) < 4.78 is 5.81. The topological polar surface area (TPSA) is 61.0 Å². The molecular formula is C12H19N3O. The quantitative estimate of drug-likeness (QED) is 0.849. The molecule has 1 heterocycles. The van der Waals surface area contributed by atoms with Crippen molar-refractivity contribution in [1.29, 1.82) is 0 Å². The molecule has 0 atom stereocenters. The molecule has 0 radical (unpaired) electrons. The molecule has 4 nitrogen and oxygen atoms in total. The summed E-state index contributed by atoms with van der Waals surface area (Å²) in [5.74, 6) is 1.31. The highest BCUT2D eigenvalue weighted by molar-refractivity contribution is 5.22. The molecule has 0 aliphatic heterocycles. The van der Waals surface area contributed by atoms with Crippen molar-refractivity contribution in [3.05, 3.63) is 18.1 Å². The molecule has 1 aliphatic rings. The third-order valence-electron chi connectivity index (χ3n) is 3.16. The molecule has 16 heavy (non-hydrogen) atoms. The maximum atomic E-state index is 5.81. The van der Waals surface area contributed by atoms with Crippen LogP contribution in [0.1, 0.15) is 38.3 Å². The molecule has 1 saturated carbocycles. The molecule has 1 fully saturated rings. The van der Waals surface area contributed by atoms with E-state index in [0.29, 0.717) is 18.5 Å². The van der Waals surface area contributed by atoms with Gasteiger partial charge in [-0.05, 0) is 31.6 Å². The van der Waals surface area contributed by atoms with Gasteiger partial charge in [-0.15, -0.1) is 0 Å². The van der Waals surface area contributed by atoms with Gasteiger partial charge in [0.25, 0.3) is 0 Å². The van der Waals surface area contributed by atoms with Crippen molar-refractivity contribution < 1.29 is 4.74 Å². The Bertz CT molecular complexity index is 318. The van der Waals surface area contributed by atoms with E-state index in [0.717, 1.165) is 11.6 Å². The zero-order chi connectivity index (χ0) is 11.4. The van der Waals surface area contributed by atoms with Crippen LogP contribution in [0.15, 0.2) is 12.4 Å². The predicted molar refractivity (Wildman–Crippen MR) is 62.7 cm³/mol. The van der Waals surface area contributed by atoms with Crippen LogP contribution in [-0.2, 0) is 11.3 Å². The molecule has 0 saturated heterocycles. The maximum absolute atomic E-state index is 5.81. The number of hydrogen-bond acceptors (Lipinski definition) is 4. The molecule has 4 heteroatoms. The van der Waals surface area contributed by atoms with Crippen molar-refractivity contribution in [3.8, 4) is 0 Å². The van der Waals surface area contributed by atoms with Crippen LogP contribution in [0.3, 0.4) is 0 Å². The first-order chi connectivity index (χ1) is 7.74. The summed E-state index contributed by atoms with van der Waals surface area (Å²) >= 11 is 0. The van der Waals surface area contributed by atoms with Crippen LogP contribution >= 0.6 is 0 Å². The van der Waals surface area contributed by atoms with Gasteiger partial charge >= 0.3 is 0 Å². The summed E-state index contributed by atoms with van der Waals surface area (Å²) in [5.41, 5.74) is 6.32. The molecular weight excluding hydrogens is 202 g/mol. The first-order valence-electron chi connectivity index (χ1n) is 5.92. The third-order valence-corrected chi connectivity index (χ3v) is 3.16. The van der Waals surface area contributed by atoms with Crippen molar-refractivity contribution >= 4 is 5.82 Å². The summed E-state index contributed by atoms with van der Waals surface area (Å²) in [5, 5.41) is 0. The second-order valence-corrected chi connectivity index (χ2v) is 4.63. The number of nitrogens with zero attached hydrogens (tertiary/aromatic N) is 2. The number of nitrogen functional groups attached to an aromatic ring is 1. The molecule has 2 N–H and O–H groups in total. The van der Waals surface area contributed by atoms with Crippen LogP contribution in [0.5, 0.6) is 0 Å². The number of anilines is 1. The molecule has 0 amide bonds. The van der Waals surface area contributed by atoms with Crippen molar-refractivity contribution in [2.45, 2.75) is 45.3 Å². The zero-order valence-corrected chi connectivity index (χ0v) is 9.72. The van der Waals surface area contributed by atoms with E-state index >= 15 is 0 Å². The van der Waals surface area contributed by atoms with E-state index in [1.807, 2.05) is 0 Å². The minimum atomic E-state index is 0.399. The van der Waals surface area contributed by atoms with Gasteiger partial charge in [-0.2, -0.15) is 0 Å². The van der Waals surface area contributed by atoms with Crippen LogP contribution in [0.2, 0.25) is 0 Å². The van der Waals surface area contributed by atoms with E-state index in [1.54, 1.807) is 12.4 Å². The van der Waals surface area contributed by atoms with Crippen LogP contribution in [0, 0.1) is 5.92 Å². The number of ether oxygens (including phenoxy) is 1. The van der Waals surface area contributed by atoms with Crippen molar-refractivity contribution in [1.82, 2.24) is 9.97 Å². The van der Waals surface area contributed by atoms with Gasteiger partial charge in [0.05, 0.1) is 30.8 Å². The van der Waals surface area contributed by atoms with Crippen LogP contribution in [0.25, 0.3) is 0 Å². The van der Waals surface area contributed by atoms with Gasteiger partial charge in [-0.25, -0.2) is 4.98 Å². The van der Waals surface area contributed by atoms with E-state index < -0.39 is 0 Å². The molecule has 1 aromatic rings. The molecule has 2 rings (SSSR count). The van der Waals surface area contributed by atoms with E-state index in [4.69, 9.17) is 10.5 Å². The average molecular weight is 221 g/mol. The number of rotatable bonds is 3. The summed E-state index contributed by atoms with van der Waals surface area (Å²) in [6.07, 6.45) is 8.54. The Labute approximate surface area is 96.2 Å². The summed E-state index contributed by atoms with van der Waals surface area (Å²) in [6, 6.07) is 0. The lowest BCUT2D eigenvalue weighted by atomic mass is 9.89. The molecule has 0 spiro atoms. The fourth-order valence-electron chi connectivity index (χ4n) is 2.04. The molecule has 1 aromatic heterocycles. The smallest absolute Gasteiger partial charge is 0.141 e. The minimum absolute atomic E-state index is 0.399. The van der Waals surface area contributed by atoms with Gasteiger partial charge in [-0.3, -0.25) is 4.98 Å². The van der Waals surface area contributed by atoms with Gasteiger partial charge in [-0.1, -0.05) is 6.92 Å². The highest BCUT2D eigenvalue weighted by Crippen LogP contribution is 2.25. The Balaban J connectivity index is 1.77. The number of hydrogen-bond donors (Lipinski definition) is 1. The lowest BCUT2D eigenvalue weighted by Crippen LogP contribution is -2.20. The fraction of sp³-hybridized carbons (Fsp3) is 0.667. The summed E-state index contributed by atoms with van der Waals surface area (Å²) in [7, 11) is 0.